The van der Waals surface area contributed by atoms with E-state index in [1.54, 1.807) is 0 Å². The summed E-state index contributed by atoms with van der Waals surface area (Å²) < 4.78 is 0. The third kappa shape index (κ3) is 3.95. The minimum atomic E-state index is 0.659. The fourth-order valence-electron chi connectivity index (χ4n) is 3.90. The maximum absolute atomic E-state index is 3.88. The first-order chi connectivity index (χ1) is 9.19. The molecule has 1 aliphatic heterocycles. The summed E-state index contributed by atoms with van der Waals surface area (Å²) in [7, 11) is 0. The Labute approximate surface area is 120 Å². The Balaban J connectivity index is 1.74. The summed E-state index contributed by atoms with van der Waals surface area (Å²) in [4.78, 5) is 2.67. The van der Waals surface area contributed by atoms with Crippen LogP contribution in [0.15, 0.2) is 0 Å². The highest BCUT2D eigenvalue weighted by Crippen LogP contribution is 2.43. The topological polar surface area (TPSA) is 15.3 Å². The summed E-state index contributed by atoms with van der Waals surface area (Å²) in [5.41, 5.74) is 0.659. The van der Waals surface area contributed by atoms with E-state index in [-0.39, 0.29) is 0 Å². The van der Waals surface area contributed by atoms with Gasteiger partial charge in [0.25, 0.3) is 0 Å². The van der Waals surface area contributed by atoms with Crippen molar-refractivity contribution >= 4 is 0 Å². The number of likely N-dealkylation sites (tertiary alicyclic amines) is 1. The molecule has 0 aromatic rings. The van der Waals surface area contributed by atoms with Crippen molar-refractivity contribution in [3.63, 3.8) is 0 Å². The molecule has 2 fully saturated rings. The molecule has 0 bridgehead atoms. The van der Waals surface area contributed by atoms with Gasteiger partial charge in [-0.15, -0.1) is 0 Å². The van der Waals surface area contributed by atoms with Crippen LogP contribution in [-0.4, -0.2) is 37.1 Å². The van der Waals surface area contributed by atoms with Crippen LogP contribution in [0.3, 0.4) is 0 Å². The van der Waals surface area contributed by atoms with Crippen LogP contribution in [0.4, 0.5) is 0 Å². The molecule has 2 atom stereocenters. The molecule has 0 radical (unpaired) electrons. The van der Waals surface area contributed by atoms with E-state index in [2.05, 4.69) is 31.0 Å². The van der Waals surface area contributed by atoms with Gasteiger partial charge in [0, 0.05) is 19.1 Å². The molecule has 1 N–H and O–H groups in total. The number of rotatable bonds is 7. The molecule has 2 nitrogen and oxygen atoms in total. The molecule has 0 amide bonds. The summed E-state index contributed by atoms with van der Waals surface area (Å²) >= 11 is 0. The van der Waals surface area contributed by atoms with Crippen molar-refractivity contribution in [2.75, 3.05) is 26.2 Å². The van der Waals surface area contributed by atoms with Gasteiger partial charge in [-0.2, -0.15) is 0 Å². The summed E-state index contributed by atoms with van der Waals surface area (Å²) in [6.07, 6.45) is 9.85. The fourth-order valence-corrected chi connectivity index (χ4v) is 3.90. The summed E-state index contributed by atoms with van der Waals surface area (Å²) in [6, 6.07) is 0.698. The number of hydrogen-bond donors (Lipinski definition) is 1. The highest BCUT2D eigenvalue weighted by molar-refractivity contribution is 4.90. The molecular weight excluding hydrogens is 232 g/mol. The second-order valence-electron chi connectivity index (χ2n) is 7.08. The van der Waals surface area contributed by atoms with Gasteiger partial charge in [-0.3, -0.25) is 0 Å². The Morgan fingerprint density at radius 1 is 1.26 bits per heavy atom. The van der Waals surface area contributed by atoms with E-state index in [1.165, 1.54) is 71.1 Å². The van der Waals surface area contributed by atoms with Crippen LogP contribution in [0.2, 0.25) is 0 Å². The molecule has 0 spiro atoms. The predicted molar refractivity (Wildman–Crippen MR) is 83.5 cm³/mol. The van der Waals surface area contributed by atoms with Gasteiger partial charge in [0.1, 0.15) is 0 Å². The first-order valence-corrected chi connectivity index (χ1v) is 8.65. The molecule has 2 unspecified atom stereocenters. The van der Waals surface area contributed by atoms with Crippen molar-refractivity contribution in [3.8, 4) is 0 Å². The normalized spacial score (nSPS) is 28.9. The molecule has 1 saturated carbocycles. The summed E-state index contributed by atoms with van der Waals surface area (Å²) in [5, 5.41) is 3.88. The lowest BCUT2D eigenvalue weighted by Gasteiger charge is -2.43. The van der Waals surface area contributed by atoms with Crippen LogP contribution in [0.25, 0.3) is 0 Å². The number of hydrogen-bond acceptors (Lipinski definition) is 2. The molecule has 0 aromatic carbocycles. The Bertz CT molecular complexity index is 252. The minimum Gasteiger partial charge on any atom is -0.313 e. The number of nitrogens with zero attached hydrogens (tertiary/aromatic N) is 1. The van der Waals surface area contributed by atoms with Gasteiger partial charge in [-0.25, -0.2) is 0 Å². The molecule has 0 aromatic heterocycles. The largest absolute Gasteiger partial charge is 0.313 e. The van der Waals surface area contributed by atoms with Crippen LogP contribution in [0.5, 0.6) is 0 Å². The molecule has 2 heteroatoms. The van der Waals surface area contributed by atoms with Crippen molar-refractivity contribution in [1.82, 2.24) is 10.2 Å². The molecular formula is C17H34N2. The highest BCUT2D eigenvalue weighted by Gasteiger charge is 2.35. The fraction of sp³-hybridized carbons (Fsp3) is 1.00. The molecule has 19 heavy (non-hydrogen) atoms. The van der Waals surface area contributed by atoms with Crippen molar-refractivity contribution < 1.29 is 0 Å². The lowest BCUT2D eigenvalue weighted by Crippen LogP contribution is -2.48. The smallest absolute Gasteiger partial charge is 0.00794 e. The number of piperidine rings is 1. The summed E-state index contributed by atoms with van der Waals surface area (Å²) in [5.74, 6) is 0.870. The second kappa shape index (κ2) is 7.08. The van der Waals surface area contributed by atoms with E-state index in [0.29, 0.717) is 11.5 Å². The first kappa shape index (κ1) is 15.3. The zero-order valence-electron chi connectivity index (χ0n) is 13.4. The SMILES string of the molecule is CCCN1CCCC(C(C)NCC2(CC)CCC2)C1. The van der Waals surface area contributed by atoms with Crippen molar-refractivity contribution in [2.45, 2.75) is 71.8 Å². The first-order valence-electron chi connectivity index (χ1n) is 8.65. The van der Waals surface area contributed by atoms with Crippen LogP contribution in [0, 0.1) is 11.3 Å². The van der Waals surface area contributed by atoms with Gasteiger partial charge < -0.3 is 10.2 Å². The van der Waals surface area contributed by atoms with Gasteiger partial charge in [-0.1, -0.05) is 20.3 Å². The van der Waals surface area contributed by atoms with E-state index in [0.717, 1.165) is 5.92 Å². The highest BCUT2D eigenvalue weighted by atomic mass is 15.1. The van der Waals surface area contributed by atoms with Crippen LogP contribution in [0.1, 0.15) is 65.7 Å². The van der Waals surface area contributed by atoms with Crippen molar-refractivity contribution in [2.24, 2.45) is 11.3 Å². The molecule has 1 heterocycles. The van der Waals surface area contributed by atoms with Gasteiger partial charge in [0.05, 0.1) is 0 Å². The van der Waals surface area contributed by atoms with Crippen LogP contribution >= 0.6 is 0 Å². The molecule has 1 saturated heterocycles. The molecule has 2 aliphatic rings. The van der Waals surface area contributed by atoms with E-state index in [4.69, 9.17) is 0 Å². The van der Waals surface area contributed by atoms with E-state index >= 15 is 0 Å². The second-order valence-corrected chi connectivity index (χ2v) is 7.08. The Hall–Kier alpha value is -0.0800. The third-order valence-corrected chi connectivity index (χ3v) is 5.75. The maximum atomic E-state index is 3.88. The van der Waals surface area contributed by atoms with E-state index in [9.17, 15) is 0 Å². The third-order valence-electron chi connectivity index (χ3n) is 5.75. The molecule has 1 aliphatic carbocycles. The Morgan fingerprint density at radius 2 is 2.05 bits per heavy atom. The quantitative estimate of drug-likeness (QED) is 0.756. The Morgan fingerprint density at radius 3 is 2.63 bits per heavy atom. The zero-order valence-corrected chi connectivity index (χ0v) is 13.4. The lowest BCUT2D eigenvalue weighted by molar-refractivity contribution is 0.102. The molecule has 2 rings (SSSR count). The van der Waals surface area contributed by atoms with Gasteiger partial charge in [0.15, 0.2) is 0 Å². The zero-order chi connectivity index (χ0) is 13.7. The molecule has 112 valence electrons. The van der Waals surface area contributed by atoms with Gasteiger partial charge in [-0.05, 0) is 69.9 Å². The monoisotopic (exact) mass is 266 g/mol. The summed E-state index contributed by atoms with van der Waals surface area (Å²) in [6.45, 7) is 12.3. The van der Waals surface area contributed by atoms with Crippen LogP contribution in [-0.2, 0) is 0 Å². The van der Waals surface area contributed by atoms with E-state index < -0.39 is 0 Å². The standard InChI is InChI=1S/C17H34N2/c1-4-11-19-12-6-8-16(13-19)15(3)18-14-17(5-2)9-7-10-17/h15-16,18H,4-14H2,1-3H3. The maximum Gasteiger partial charge on any atom is 0.00794 e. The van der Waals surface area contributed by atoms with Gasteiger partial charge in [0.2, 0.25) is 0 Å². The lowest BCUT2D eigenvalue weighted by atomic mass is 9.67. The predicted octanol–water partition coefficient (Wildman–Crippen LogP) is 3.67. The Kier molecular flexibility index (Phi) is 5.70. The van der Waals surface area contributed by atoms with Gasteiger partial charge >= 0.3 is 0 Å². The van der Waals surface area contributed by atoms with E-state index in [1.807, 2.05) is 0 Å². The van der Waals surface area contributed by atoms with Crippen molar-refractivity contribution in [3.05, 3.63) is 0 Å². The minimum absolute atomic E-state index is 0.659. The van der Waals surface area contributed by atoms with Crippen molar-refractivity contribution in [1.29, 1.82) is 0 Å². The van der Waals surface area contributed by atoms with Crippen LogP contribution < -0.4 is 5.32 Å². The average Bonchev–Trinajstić information content (AvgIpc) is 2.38. The average molecular weight is 266 g/mol. The number of nitrogens with one attached hydrogen (secondary N) is 1.